The van der Waals surface area contributed by atoms with Gasteiger partial charge < -0.3 is 9.47 Å². The third kappa shape index (κ3) is 10.2. The second-order valence-electron chi connectivity index (χ2n) is 7.13. The van der Waals surface area contributed by atoms with Crippen LogP contribution in [0.25, 0.3) is 0 Å². The van der Waals surface area contributed by atoms with E-state index in [0.717, 1.165) is 56.8 Å². The van der Waals surface area contributed by atoms with Gasteiger partial charge in [0.15, 0.2) is 0 Å². The lowest BCUT2D eigenvalue weighted by Gasteiger charge is -2.07. The molecular formula is C24H28I2O4. The van der Waals surface area contributed by atoms with E-state index < -0.39 is 0 Å². The smallest absolute Gasteiger partial charge is 0.306 e. The monoisotopic (exact) mass is 634 g/mol. The highest BCUT2D eigenvalue weighted by Gasteiger charge is 2.07. The van der Waals surface area contributed by atoms with Crippen LogP contribution < -0.4 is 0 Å². The zero-order valence-electron chi connectivity index (χ0n) is 17.1. The second-order valence-corrected chi connectivity index (χ2v) is 9.45. The first-order chi connectivity index (χ1) is 14.6. The van der Waals surface area contributed by atoms with Crippen molar-refractivity contribution < 1.29 is 19.1 Å². The molecule has 0 aromatic heterocycles. The average molecular weight is 634 g/mol. The largest absolute Gasteiger partial charge is 0.461 e. The van der Waals surface area contributed by atoms with Gasteiger partial charge in [0.25, 0.3) is 0 Å². The fourth-order valence-corrected chi connectivity index (χ4v) is 4.02. The van der Waals surface area contributed by atoms with Crippen LogP contribution in [0.5, 0.6) is 0 Å². The molecule has 2 aromatic rings. The van der Waals surface area contributed by atoms with E-state index >= 15 is 0 Å². The Morgan fingerprint density at radius 1 is 0.600 bits per heavy atom. The number of benzene rings is 2. The standard InChI is InChI=1S/C24H28I2O4/c25-21-13-9-7-11-19(21)17-29-23(27)15-5-3-1-2-4-6-16-24(28)30-18-20-12-8-10-14-22(20)26/h7-14H,1-6,15-18H2. The number of unbranched alkanes of at least 4 members (excludes halogenated alkanes) is 5. The van der Waals surface area contributed by atoms with Crippen molar-refractivity contribution in [1.29, 1.82) is 0 Å². The summed E-state index contributed by atoms with van der Waals surface area (Å²) < 4.78 is 12.9. The molecule has 0 spiro atoms. The van der Waals surface area contributed by atoms with E-state index in [1.54, 1.807) is 0 Å². The van der Waals surface area contributed by atoms with Crippen LogP contribution in [0.1, 0.15) is 62.5 Å². The molecule has 2 rings (SSSR count). The predicted molar refractivity (Wildman–Crippen MR) is 135 cm³/mol. The maximum absolute atomic E-state index is 11.8. The average Bonchev–Trinajstić information content (AvgIpc) is 2.74. The van der Waals surface area contributed by atoms with Crippen LogP contribution in [0.15, 0.2) is 48.5 Å². The number of carbonyl (C=O) groups is 2. The molecule has 0 saturated heterocycles. The lowest BCUT2D eigenvalue weighted by Crippen LogP contribution is -2.05. The Morgan fingerprint density at radius 3 is 1.37 bits per heavy atom. The van der Waals surface area contributed by atoms with Crippen molar-refractivity contribution >= 4 is 57.1 Å². The van der Waals surface area contributed by atoms with Crippen molar-refractivity contribution in [2.45, 2.75) is 64.6 Å². The third-order valence-corrected chi connectivity index (χ3v) is 6.81. The molecule has 0 fully saturated rings. The van der Waals surface area contributed by atoms with Gasteiger partial charge >= 0.3 is 11.9 Å². The van der Waals surface area contributed by atoms with Gasteiger partial charge in [-0.3, -0.25) is 9.59 Å². The molecule has 0 N–H and O–H groups in total. The summed E-state index contributed by atoms with van der Waals surface area (Å²) in [4.78, 5) is 23.7. The van der Waals surface area contributed by atoms with Crippen molar-refractivity contribution in [2.75, 3.05) is 0 Å². The molecule has 0 amide bonds. The molecule has 0 saturated carbocycles. The molecule has 0 unspecified atom stereocenters. The van der Waals surface area contributed by atoms with Gasteiger partial charge in [-0.05, 0) is 70.2 Å². The zero-order valence-corrected chi connectivity index (χ0v) is 21.4. The molecule has 2 aromatic carbocycles. The first-order valence-electron chi connectivity index (χ1n) is 10.3. The minimum Gasteiger partial charge on any atom is -0.461 e. The number of carbonyl (C=O) groups excluding carboxylic acids is 2. The molecule has 0 heterocycles. The summed E-state index contributed by atoms with van der Waals surface area (Å²) in [7, 11) is 0. The summed E-state index contributed by atoms with van der Waals surface area (Å²) in [5.41, 5.74) is 2.09. The van der Waals surface area contributed by atoms with Crippen molar-refractivity contribution in [3.05, 3.63) is 66.8 Å². The fraction of sp³-hybridized carbons (Fsp3) is 0.417. The van der Waals surface area contributed by atoms with Crippen LogP contribution >= 0.6 is 45.2 Å². The van der Waals surface area contributed by atoms with Gasteiger partial charge in [0, 0.05) is 31.1 Å². The van der Waals surface area contributed by atoms with Crippen molar-refractivity contribution in [3.63, 3.8) is 0 Å². The minimum atomic E-state index is -0.134. The van der Waals surface area contributed by atoms with Crippen molar-refractivity contribution in [2.24, 2.45) is 0 Å². The number of ether oxygens (including phenoxy) is 2. The van der Waals surface area contributed by atoms with Gasteiger partial charge in [0.2, 0.25) is 0 Å². The van der Waals surface area contributed by atoms with E-state index in [2.05, 4.69) is 45.2 Å². The summed E-state index contributed by atoms with van der Waals surface area (Å²) in [5.74, 6) is -0.268. The van der Waals surface area contributed by atoms with Crippen LogP contribution in [0, 0.1) is 7.14 Å². The molecule has 0 aliphatic heterocycles. The molecular weight excluding hydrogens is 606 g/mol. The first-order valence-corrected chi connectivity index (χ1v) is 12.5. The summed E-state index contributed by atoms with van der Waals surface area (Å²) in [6.07, 6.45) is 6.79. The summed E-state index contributed by atoms with van der Waals surface area (Å²) in [5, 5.41) is 0. The maximum atomic E-state index is 11.8. The molecule has 0 radical (unpaired) electrons. The van der Waals surface area contributed by atoms with Crippen LogP contribution in [-0.4, -0.2) is 11.9 Å². The molecule has 0 bridgehead atoms. The molecule has 162 valence electrons. The van der Waals surface area contributed by atoms with Gasteiger partial charge in [0.1, 0.15) is 13.2 Å². The van der Waals surface area contributed by atoms with E-state index in [4.69, 9.17) is 9.47 Å². The Labute approximate surface area is 206 Å². The molecule has 30 heavy (non-hydrogen) atoms. The Morgan fingerprint density at radius 2 is 0.967 bits per heavy atom. The van der Waals surface area contributed by atoms with Gasteiger partial charge in [-0.25, -0.2) is 0 Å². The van der Waals surface area contributed by atoms with E-state index in [0.29, 0.717) is 26.1 Å². The Bertz CT molecular complexity index is 740. The summed E-state index contributed by atoms with van der Waals surface area (Å²) >= 11 is 4.50. The number of esters is 2. The van der Waals surface area contributed by atoms with Gasteiger partial charge in [-0.15, -0.1) is 0 Å². The predicted octanol–water partition coefficient (Wildman–Crippen LogP) is 6.80. The summed E-state index contributed by atoms with van der Waals surface area (Å²) in [6, 6.07) is 15.8. The lowest BCUT2D eigenvalue weighted by molar-refractivity contribution is -0.146. The van der Waals surface area contributed by atoms with Crippen LogP contribution in [0.4, 0.5) is 0 Å². The SMILES string of the molecule is O=C(CCCCCCCCC(=O)OCc1ccccc1I)OCc1ccccc1I. The Kier molecular flexibility index (Phi) is 12.4. The molecule has 0 aliphatic rings. The Hall–Kier alpha value is -1.16. The van der Waals surface area contributed by atoms with E-state index in [9.17, 15) is 9.59 Å². The quantitative estimate of drug-likeness (QED) is 0.138. The zero-order chi connectivity index (χ0) is 21.6. The van der Waals surface area contributed by atoms with Crippen LogP contribution in [-0.2, 0) is 32.3 Å². The number of hydrogen-bond donors (Lipinski definition) is 0. The normalized spacial score (nSPS) is 10.6. The third-order valence-electron chi connectivity index (χ3n) is 4.70. The minimum absolute atomic E-state index is 0.134. The Balaban J connectivity index is 1.43. The van der Waals surface area contributed by atoms with Crippen molar-refractivity contribution in [3.8, 4) is 0 Å². The molecule has 6 heteroatoms. The molecule has 4 nitrogen and oxygen atoms in total. The molecule has 0 atom stereocenters. The summed E-state index contributed by atoms with van der Waals surface area (Å²) in [6.45, 7) is 0.689. The number of halogens is 2. The molecule has 0 aliphatic carbocycles. The van der Waals surface area contributed by atoms with Crippen molar-refractivity contribution in [1.82, 2.24) is 0 Å². The van der Waals surface area contributed by atoms with Gasteiger partial charge in [-0.1, -0.05) is 62.1 Å². The first kappa shape index (κ1) is 25.1. The highest BCUT2D eigenvalue weighted by Crippen LogP contribution is 2.15. The highest BCUT2D eigenvalue weighted by molar-refractivity contribution is 14.1. The topological polar surface area (TPSA) is 52.6 Å². The van der Waals surface area contributed by atoms with Crippen LogP contribution in [0.2, 0.25) is 0 Å². The van der Waals surface area contributed by atoms with E-state index in [1.165, 1.54) is 0 Å². The number of rotatable bonds is 13. The van der Waals surface area contributed by atoms with Gasteiger partial charge in [-0.2, -0.15) is 0 Å². The lowest BCUT2D eigenvalue weighted by atomic mass is 10.1. The van der Waals surface area contributed by atoms with E-state index in [1.807, 2.05) is 48.5 Å². The second kappa shape index (κ2) is 14.8. The van der Waals surface area contributed by atoms with E-state index in [-0.39, 0.29) is 11.9 Å². The highest BCUT2D eigenvalue weighted by atomic mass is 127. The maximum Gasteiger partial charge on any atom is 0.306 e. The fourth-order valence-electron chi connectivity index (χ4n) is 2.94. The van der Waals surface area contributed by atoms with Gasteiger partial charge in [0.05, 0.1) is 0 Å². The number of hydrogen-bond acceptors (Lipinski definition) is 4. The van der Waals surface area contributed by atoms with Crippen LogP contribution in [0.3, 0.4) is 0 Å².